The number of hydrazone groups is 1. The quantitative estimate of drug-likeness (QED) is 0.543. The van der Waals surface area contributed by atoms with Crippen molar-refractivity contribution in [3.8, 4) is 11.5 Å². The van der Waals surface area contributed by atoms with Gasteiger partial charge in [-0.3, -0.25) is 4.79 Å². The molecule has 2 aromatic rings. The number of nitrogens with one attached hydrogen (secondary N) is 1. The van der Waals surface area contributed by atoms with Crippen LogP contribution in [0, 0.1) is 0 Å². The molecule has 0 aromatic heterocycles. The second kappa shape index (κ2) is 8.23. The third-order valence-electron chi connectivity index (χ3n) is 4.71. The molecule has 0 spiro atoms. The lowest BCUT2D eigenvalue weighted by molar-refractivity contribution is 0.0952. The summed E-state index contributed by atoms with van der Waals surface area (Å²) in [4.78, 5) is 12.0. The average molecular weight is 373 g/mol. The lowest BCUT2D eigenvalue weighted by Gasteiger charge is -2.22. The Hall–Kier alpha value is -2.53. The molecule has 0 atom stereocenters. The van der Waals surface area contributed by atoms with Crippen LogP contribution in [0.3, 0.4) is 0 Å². The molecule has 0 bridgehead atoms. The maximum Gasteiger partial charge on any atom is 0.275 e. The van der Waals surface area contributed by atoms with E-state index in [1.165, 1.54) is 37.6 Å². The number of halogens is 1. The van der Waals surface area contributed by atoms with Crippen LogP contribution in [-0.4, -0.2) is 22.3 Å². The third-order valence-corrected chi connectivity index (χ3v) is 5.00. The van der Waals surface area contributed by atoms with Crippen LogP contribution < -0.4 is 5.43 Å². The van der Waals surface area contributed by atoms with Crippen molar-refractivity contribution < 1.29 is 15.0 Å². The monoisotopic (exact) mass is 372 g/mol. The molecule has 1 aliphatic carbocycles. The number of hydrogen-bond acceptors (Lipinski definition) is 4. The largest absolute Gasteiger partial charge is 0.507 e. The molecule has 136 valence electrons. The first-order valence-corrected chi connectivity index (χ1v) is 9.08. The molecule has 3 rings (SSSR count). The summed E-state index contributed by atoms with van der Waals surface area (Å²) < 4.78 is 0. The maximum absolute atomic E-state index is 12.0. The van der Waals surface area contributed by atoms with E-state index in [1.54, 1.807) is 12.1 Å². The second-order valence-corrected chi connectivity index (χ2v) is 6.90. The number of benzene rings is 2. The van der Waals surface area contributed by atoms with Crippen molar-refractivity contribution in [1.82, 2.24) is 5.43 Å². The molecule has 2 aromatic carbocycles. The number of aromatic hydroxyl groups is 2. The van der Waals surface area contributed by atoms with Gasteiger partial charge in [0.15, 0.2) is 0 Å². The fraction of sp³-hybridized carbons (Fsp3) is 0.300. The highest BCUT2D eigenvalue weighted by molar-refractivity contribution is 6.32. The summed E-state index contributed by atoms with van der Waals surface area (Å²) in [6, 6.07) is 9.89. The Kier molecular flexibility index (Phi) is 5.78. The minimum atomic E-state index is -0.534. The molecular weight excluding hydrogens is 352 g/mol. The molecule has 6 heteroatoms. The van der Waals surface area contributed by atoms with E-state index in [0.29, 0.717) is 11.5 Å². The molecule has 1 aliphatic rings. The number of hydrogen-bond donors (Lipinski definition) is 3. The number of rotatable bonds is 4. The predicted octanol–water partition coefficient (Wildman–Crippen LogP) is 4.56. The molecule has 0 aliphatic heterocycles. The van der Waals surface area contributed by atoms with Crippen molar-refractivity contribution in [3.05, 3.63) is 58.1 Å². The molecule has 3 N–H and O–H groups in total. The van der Waals surface area contributed by atoms with Gasteiger partial charge in [0.05, 0.1) is 16.8 Å². The highest BCUT2D eigenvalue weighted by Crippen LogP contribution is 2.37. The molecule has 0 unspecified atom stereocenters. The highest BCUT2D eigenvalue weighted by atomic mass is 35.5. The summed E-state index contributed by atoms with van der Waals surface area (Å²) >= 11 is 6.16. The van der Waals surface area contributed by atoms with Gasteiger partial charge in [0, 0.05) is 5.56 Å². The summed E-state index contributed by atoms with van der Waals surface area (Å²) in [6.07, 6.45) is 7.25. The summed E-state index contributed by atoms with van der Waals surface area (Å²) in [6.45, 7) is 0. The zero-order valence-electron chi connectivity index (χ0n) is 14.3. The topological polar surface area (TPSA) is 81.9 Å². The van der Waals surface area contributed by atoms with Crippen molar-refractivity contribution in [2.24, 2.45) is 5.10 Å². The van der Waals surface area contributed by atoms with Crippen molar-refractivity contribution in [3.63, 3.8) is 0 Å². The Labute approximate surface area is 157 Å². The van der Waals surface area contributed by atoms with Crippen LogP contribution in [0.2, 0.25) is 5.02 Å². The van der Waals surface area contributed by atoms with Crippen LogP contribution in [0.4, 0.5) is 0 Å². The van der Waals surface area contributed by atoms with Gasteiger partial charge in [-0.15, -0.1) is 0 Å². The van der Waals surface area contributed by atoms with Crippen LogP contribution in [0.15, 0.2) is 41.5 Å². The molecule has 1 amide bonds. The van der Waals surface area contributed by atoms with E-state index >= 15 is 0 Å². The molecule has 1 saturated carbocycles. The van der Waals surface area contributed by atoms with Gasteiger partial charge in [-0.2, -0.15) is 5.10 Å². The van der Waals surface area contributed by atoms with Gasteiger partial charge in [-0.25, -0.2) is 5.43 Å². The Balaban J connectivity index is 1.76. The molecular formula is C20H21ClN2O3. The zero-order valence-corrected chi connectivity index (χ0v) is 15.0. The van der Waals surface area contributed by atoms with Crippen molar-refractivity contribution >= 4 is 23.7 Å². The Bertz CT molecular complexity index is 830. The Morgan fingerprint density at radius 3 is 2.62 bits per heavy atom. The Morgan fingerprint density at radius 1 is 1.15 bits per heavy atom. The van der Waals surface area contributed by atoms with Crippen molar-refractivity contribution in [1.29, 1.82) is 0 Å². The molecule has 0 radical (unpaired) electrons. The predicted molar refractivity (Wildman–Crippen MR) is 102 cm³/mol. The number of phenols is 2. The highest BCUT2D eigenvalue weighted by Gasteiger charge is 2.18. The van der Waals surface area contributed by atoms with Crippen LogP contribution in [-0.2, 0) is 0 Å². The minimum Gasteiger partial charge on any atom is -0.507 e. The van der Waals surface area contributed by atoms with Crippen LogP contribution in [0.25, 0.3) is 0 Å². The number of amides is 1. The van der Waals surface area contributed by atoms with Gasteiger partial charge >= 0.3 is 0 Å². The van der Waals surface area contributed by atoms with Gasteiger partial charge in [-0.05, 0) is 48.6 Å². The van der Waals surface area contributed by atoms with Crippen LogP contribution >= 0.6 is 11.6 Å². The number of carbonyl (C=O) groups excluding carboxylic acids is 1. The lowest BCUT2D eigenvalue weighted by atomic mass is 9.83. The normalized spacial score (nSPS) is 15.3. The molecule has 0 saturated heterocycles. The van der Waals surface area contributed by atoms with Gasteiger partial charge < -0.3 is 10.2 Å². The van der Waals surface area contributed by atoms with Gasteiger partial charge in [0.25, 0.3) is 5.91 Å². The van der Waals surface area contributed by atoms with E-state index in [-0.39, 0.29) is 22.1 Å². The first-order chi connectivity index (χ1) is 12.6. The van der Waals surface area contributed by atoms with Gasteiger partial charge in [0.2, 0.25) is 0 Å². The SMILES string of the molecule is O=C(N/N=C\c1cc(C2CCCCC2)cc(Cl)c1O)c1ccccc1O. The van der Waals surface area contributed by atoms with E-state index in [9.17, 15) is 15.0 Å². The third kappa shape index (κ3) is 4.17. The minimum absolute atomic E-state index is 0.0632. The van der Waals surface area contributed by atoms with E-state index in [1.807, 2.05) is 12.1 Å². The summed E-state index contributed by atoms with van der Waals surface area (Å²) in [5.74, 6) is -0.282. The van der Waals surface area contributed by atoms with Gasteiger partial charge in [0.1, 0.15) is 11.5 Å². The molecule has 0 heterocycles. The molecule has 5 nitrogen and oxygen atoms in total. The standard InChI is InChI=1S/C20H21ClN2O3/c21-17-11-14(13-6-2-1-3-7-13)10-15(19(17)25)12-22-23-20(26)16-8-4-5-9-18(16)24/h4-5,8-13,24-25H,1-3,6-7H2,(H,23,26)/b22-12-. The average Bonchev–Trinajstić information content (AvgIpc) is 2.66. The van der Waals surface area contributed by atoms with E-state index in [4.69, 9.17) is 11.6 Å². The summed E-state index contributed by atoms with van der Waals surface area (Å²) in [5, 5.41) is 24.0. The fourth-order valence-corrected chi connectivity index (χ4v) is 3.53. The zero-order chi connectivity index (χ0) is 18.5. The fourth-order valence-electron chi connectivity index (χ4n) is 3.30. The lowest BCUT2D eigenvalue weighted by Crippen LogP contribution is -2.17. The summed E-state index contributed by atoms with van der Waals surface area (Å²) in [7, 11) is 0. The number of phenolic OH excluding ortho intramolecular Hbond substituents is 2. The smallest absolute Gasteiger partial charge is 0.275 e. The van der Waals surface area contributed by atoms with Gasteiger partial charge in [-0.1, -0.05) is 43.0 Å². The van der Waals surface area contributed by atoms with Crippen LogP contribution in [0.1, 0.15) is 59.5 Å². The van der Waals surface area contributed by atoms with Crippen molar-refractivity contribution in [2.45, 2.75) is 38.0 Å². The first-order valence-electron chi connectivity index (χ1n) is 8.70. The second-order valence-electron chi connectivity index (χ2n) is 6.49. The van der Waals surface area contributed by atoms with E-state index in [0.717, 1.165) is 18.4 Å². The van der Waals surface area contributed by atoms with E-state index < -0.39 is 5.91 Å². The number of carbonyl (C=O) groups is 1. The molecule has 26 heavy (non-hydrogen) atoms. The maximum atomic E-state index is 12.0. The Morgan fingerprint density at radius 2 is 1.88 bits per heavy atom. The van der Waals surface area contributed by atoms with E-state index in [2.05, 4.69) is 10.5 Å². The van der Waals surface area contributed by atoms with Crippen molar-refractivity contribution in [2.75, 3.05) is 0 Å². The number of para-hydroxylation sites is 1. The molecule has 1 fully saturated rings. The number of nitrogens with zero attached hydrogens (tertiary/aromatic N) is 1. The first kappa shape index (κ1) is 18.3. The summed E-state index contributed by atoms with van der Waals surface area (Å²) in [5.41, 5.74) is 4.02. The van der Waals surface area contributed by atoms with Crippen LogP contribution in [0.5, 0.6) is 11.5 Å².